The highest BCUT2D eigenvalue weighted by atomic mass is 16.6. The molecule has 2 aliphatic heterocycles. The highest BCUT2D eigenvalue weighted by Gasteiger charge is 2.37. The monoisotopic (exact) mass is 239 g/mol. The minimum Gasteiger partial charge on any atom is -0.444 e. The van der Waals surface area contributed by atoms with Crippen LogP contribution >= 0.6 is 0 Å². The number of amides is 2. The van der Waals surface area contributed by atoms with Gasteiger partial charge >= 0.3 is 6.09 Å². The number of nitrogens with one attached hydrogen (secondary N) is 1. The van der Waals surface area contributed by atoms with Gasteiger partial charge in [-0.15, -0.1) is 0 Å². The van der Waals surface area contributed by atoms with Gasteiger partial charge in [0.25, 0.3) is 0 Å². The Morgan fingerprint density at radius 1 is 1.53 bits per heavy atom. The Morgan fingerprint density at radius 3 is 2.88 bits per heavy atom. The minimum atomic E-state index is -0.501. The standard InChI is InChI=1S/C11H17N3O3/c1-11(2,3)17-10(16)14-5-4-7-8(6-14)12-13-9(7)15/h7H,4-6H2,1-3H3,(H,13,15). The van der Waals surface area contributed by atoms with Gasteiger partial charge in [-0.05, 0) is 27.2 Å². The number of nitrogens with zero attached hydrogens (tertiary/aromatic N) is 2. The van der Waals surface area contributed by atoms with Crippen LogP contribution in [0.15, 0.2) is 5.10 Å². The van der Waals surface area contributed by atoms with Gasteiger partial charge in [0.2, 0.25) is 5.91 Å². The van der Waals surface area contributed by atoms with Crippen molar-refractivity contribution in [3.8, 4) is 0 Å². The van der Waals surface area contributed by atoms with Crippen LogP contribution in [0.3, 0.4) is 0 Å². The number of carbonyl (C=O) groups excluding carboxylic acids is 2. The van der Waals surface area contributed by atoms with E-state index in [1.807, 2.05) is 20.8 Å². The van der Waals surface area contributed by atoms with E-state index in [0.717, 1.165) is 5.71 Å². The molecular weight excluding hydrogens is 222 g/mol. The van der Waals surface area contributed by atoms with Crippen LogP contribution in [-0.2, 0) is 9.53 Å². The largest absolute Gasteiger partial charge is 0.444 e. The van der Waals surface area contributed by atoms with Crippen molar-refractivity contribution in [1.29, 1.82) is 0 Å². The Balaban J connectivity index is 1.97. The molecule has 0 bridgehead atoms. The summed E-state index contributed by atoms with van der Waals surface area (Å²) in [6.45, 7) is 6.39. The third-order valence-corrected chi connectivity index (χ3v) is 2.72. The van der Waals surface area contributed by atoms with Gasteiger partial charge < -0.3 is 9.64 Å². The summed E-state index contributed by atoms with van der Waals surface area (Å²) in [7, 11) is 0. The highest BCUT2D eigenvalue weighted by Crippen LogP contribution is 2.20. The molecule has 1 unspecified atom stereocenters. The number of hydrogen-bond acceptors (Lipinski definition) is 4. The van der Waals surface area contributed by atoms with Crippen molar-refractivity contribution < 1.29 is 14.3 Å². The van der Waals surface area contributed by atoms with Gasteiger partial charge in [0.1, 0.15) is 5.60 Å². The van der Waals surface area contributed by atoms with Crippen molar-refractivity contribution in [1.82, 2.24) is 10.3 Å². The van der Waals surface area contributed by atoms with Gasteiger partial charge in [-0.25, -0.2) is 10.2 Å². The first-order valence-corrected chi connectivity index (χ1v) is 5.71. The van der Waals surface area contributed by atoms with Gasteiger partial charge in [-0.3, -0.25) is 4.79 Å². The lowest BCUT2D eigenvalue weighted by Crippen LogP contribution is -2.46. The van der Waals surface area contributed by atoms with E-state index in [1.165, 1.54) is 0 Å². The van der Waals surface area contributed by atoms with E-state index < -0.39 is 5.60 Å². The molecule has 94 valence electrons. The normalized spacial score (nSPS) is 23.9. The first kappa shape index (κ1) is 11.9. The summed E-state index contributed by atoms with van der Waals surface area (Å²) in [6.07, 6.45) is 0.266. The SMILES string of the molecule is CC(C)(C)OC(=O)N1CCC2C(=O)NN=C2C1. The number of carbonyl (C=O) groups is 2. The summed E-state index contributed by atoms with van der Waals surface area (Å²) in [5.74, 6) is -0.225. The zero-order valence-electron chi connectivity index (χ0n) is 10.3. The van der Waals surface area contributed by atoms with Crippen molar-refractivity contribution >= 4 is 17.7 Å². The molecule has 0 aromatic carbocycles. The molecule has 0 aromatic heterocycles. The number of piperidine rings is 1. The van der Waals surface area contributed by atoms with Crippen LogP contribution < -0.4 is 5.43 Å². The predicted molar refractivity (Wildman–Crippen MR) is 61.5 cm³/mol. The van der Waals surface area contributed by atoms with Crippen LogP contribution in [0.2, 0.25) is 0 Å². The second-order valence-corrected chi connectivity index (χ2v) is 5.32. The molecule has 0 saturated carbocycles. The zero-order chi connectivity index (χ0) is 12.6. The van der Waals surface area contributed by atoms with Crippen LogP contribution in [0.4, 0.5) is 4.79 Å². The molecule has 6 nitrogen and oxygen atoms in total. The maximum atomic E-state index is 11.8. The summed E-state index contributed by atoms with van der Waals surface area (Å²) >= 11 is 0. The van der Waals surface area contributed by atoms with E-state index in [4.69, 9.17) is 4.74 Å². The molecule has 0 aliphatic carbocycles. The van der Waals surface area contributed by atoms with Gasteiger partial charge in [-0.2, -0.15) is 5.10 Å². The molecule has 6 heteroatoms. The quantitative estimate of drug-likeness (QED) is 0.677. The fourth-order valence-corrected chi connectivity index (χ4v) is 1.92. The molecule has 1 N–H and O–H groups in total. The van der Waals surface area contributed by atoms with Crippen molar-refractivity contribution in [2.24, 2.45) is 11.0 Å². The summed E-state index contributed by atoms with van der Waals surface area (Å²) in [4.78, 5) is 24.8. The number of ether oxygens (including phenoxy) is 1. The molecule has 2 heterocycles. The van der Waals surface area contributed by atoms with Crippen LogP contribution in [0, 0.1) is 5.92 Å². The fraction of sp³-hybridized carbons (Fsp3) is 0.727. The number of hydrogen-bond donors (Lipinski definition) is 1. The maximum Gasteiger partial charge on any atom is 0.410 e. The van der Waals surface area contributed by atoms with E-state index in [9.17, 15) is 9.59 Å². The van der Waals surface area contributed by atoms with E-state index in [-0.39, 0.29) is 17.9 Å². The Hall–Kier alpha value is -1.59. The second kappa shape index (κ2) is 4.01. The number of likely N-dealkylation sites (tertiary alicyclic amines) is 1. The lowest BCUT2D eigenvalue weighted by Gasteiger charge is -2.31. The van der Waals surface area contributed by atoms with Crippen LogP contribution in [0.1, 0.15) is 27.2 Å². The maximum absolute atomic E-state index is 11.8. The Morgan fingerprint density at radius 2 is 2.24 bits per heavy atom. The summed E-state index contributed by atoms with van der Waals surface area (Å²) < 4.78 is 5.28. The lowest BCUT2D eigenvalue weighted by molar-refractivity contribution is -0.122. The molecule has 0 radical (unpaired) electrons. The molecule has 2 aliphatic rings. The first-order chi connectivity index (χ1) is 7.87. The summed E-state index contributed by atoms with van der Waals surface area (Å²) in [5, 5.41) is 3.94. The average Bonchev–Trinajstić information content (AvgIpc) is 2.57. The third-order valence-electron chi connectivity index (χ3n) is 2.72. The molecule has 1 fully saturated rings. The summed E-state index contributed by atoms with van der Waals surface area (Å²) in [6, 6.07) is 0. The second-order valence-electron chi connectivity index (χ2n) is 5.32. The topological polar surface area (TPSA) is 71.0 Å². The van der Waals surface area contributed by atoms with E-state index >= 15 is 0 Å². The Bertz CT molecular complexity index is 384. The number of hydrazone groups is 1. The van der Waals surface area contributed by atoms with Crippen molar-refractivity contribution in [3.63, 3.8) is 0 Å². The smallest absolute Gasteiger partial charge is 0.410 e. The van der Waals surface area contributed by atoms with Crippen LogP contribution in [0.25, 0.3) is 0 Å². The van der Waals surface area contributed by atoms with Gasteiger partial charge in [0, 0.05) is 6.54 Å². The average molecular weight is 239 g/mol. The molecule has 2 amide bonds. The van der Waals surface area contributed by atoms with Gasteiger partial charge in [0.15, 0.2) is 0 Å². The predicted octanol–water partition coefficient (Wildman–Crippen LogP) is 0.729. The Labute approximate surface area is 100.0 Å². The molecule has 17 heavy (non-hydrogen) atoms. The molecule has 0 aromatic rings. The van der Waals surface area contributed by atoms with Crippen LogP contribution in [-0.4, -0.2) is 41.3 Å². The number of rotatable bonds is 0. The minimum absolute atomic E-state index is 0.0659. The van der Waals surface area contributed by atoms with Crippen molar-refractivity contribution in [2.45, 2.75) is 32.8 Å². The van der Waals surface area contributed by atoms with E-state index in [1.54, 1.807) is 4.90 Å². The molecular formula is C11H17N3O3. The zero-order valence-corrected chi connectivity index (χ0v) is 10.3. The molecule has 1 saturated heterocycles. The fourth-order valence-electron chi connectivity index (χ4n) is 1.92. The Kier molecular flexibility index (Phi) is 2.81. The highest BCUT2D eigenvalue weighted by molar-refractivity contribution is 6.10. The lowest BCUT2D eigenvalue weighted by atomic mass is 9.95. The van der Waals surface area contributed by atoms with Crippen molar-refractivity contribution in [2.75, 3.05) is 13.1 Å². The molecule has 0 spiro atoms. The van der Waals surface area contributed by atoms with Gasteiger partial charge in [0.05, 0.1) is 18.2 Å². The number of fused-ring (bicyclic) bond motifs is 1. The van der Waals surface area contributed by atoms with E-state index in [2.05, 4.69) is 10.5 Å². The van der Waals surface area contributed by atoms with E-state index in [0.29, 0.717) is 19.5 Å². The van der Waals surface area contributed by atoms with Gasteiger partial charge in [-0.1, -0.05) is 0 Å². The molecule has 2 rings (SSSR count). The third kappa shape index (κ3) is 2.57. The molecule has 1 atom stereocenters. The first-order valence-electron chi connectivity index (χ1n) is 5.71. The summed E-state index contributed by atoms with van der Waals surface area (Å²) in [5.41, 5.74) is 2.67. The van der Waals surface area contributed by atoms with Crippen LogP contribution in [0.5, 0.6) is 0 Å². The van der Waals surface area contributed by atoms with Crippen molar-refractivity contribution in [3.05, 3.63) is 0 Å².